The number of benzene rings is 1. The number of likely N-dealkylation sites (N-methyl/N-ethyl adjacent to an activating group) is 1. The van der Waals surface area contributed by atoms with Gasteiger partial charge in [-0.2, -0.15) is 0 Å². The molecule has 2 aromatic rings. The van der Waals surface area contributed by atoms with E-state index in [4.69, 9.17) is 0 Å². The van der Waals surface area contributed by atoms with E-state index in [1.165, 1.54) is 12.1 Å². The zero-order valence-corrected chi connectivity index (χ0v) is 11.7. The molecule has 0 amide bonds. The fourth-order valence-corrected chi connectivity index (χ4v) is 2.64. The predicted octanol–water partition coefficient (Wildman–Crippen LogP) is 3.62. The van der Waals surface area contributed by atoms with E-state index in [1.807, 2.05) is 19.2 Å². The summed E-state index contributed by atoms with van der Waals surface area (Å²) in [6, 6.07) is 3.65. The van der Waals surface area contributed by atoms with Crippen molar-refractivity contribution < 1.29 is 8.78 Å². The molecule has 2 nitrogen and oxygen atoms in total. The quantitative estimate of drug-likeness (QED) is 0.906. The SMILES string of the molecule is CCNC(Cc1ccc(F)cc1F)c1csc(C)n1. The molecule has 0 fully saturated rings. The molecule has 19 heavy (non-hydrogen) atoms. The van der Waals surface area contributed by atoms with Crippen molar-refractivity contribution in [2.45, 2.75) is 26.3 Å². The molecular formula is C14H16F2N2S. The number of nitrogens with zero attached hydrogens (tertiary/aromatic N) is 1. The van der Waals surface area contributed by atoms with Crippen molar-refractivity contribution in [2.75, 3.05) is 6.54 Å². The first kappa shape index (κ1) is 14.1. The van der Waals surface area contributed by atoms with Gasteiger partial charge >= 0.3 is 0 Å². The molecule has 5 heteroatoms. The first-order valence-electron chi connectivity index (χ1n) is 6.19. The molecule has 0 aliphatic rings. The van der Waals surface area contributed by atoms with E-state index < -0.39 is 11.6 Å². The van der Waals surface area contributed by atoms with E-state index in [9.17, 15) is 8.78 Å². The van der Waals surface area contributed by atoms with Crippen LogP contribution in [0, 0.1) is 18.6 Å². The molecule has 0 bridgehead atoms. The lowest BCUT2D eigenvalue weighted by atomic mass is 10.0. The van der Waals surface area contributed by atoms with Gasteiger partial charge in [0, 0.05) is 11.4 Å². The number of aryl methyl sites for hydroxylation is 1. The average molecular weight is 282 g/mol. The van der Waals surface area contributed by atoms with Crippen LogP contribution in [0.1, 0.15) is 29.2 Å². The molecule has 0 saturated heterocycles. The normalized spacial score (nSPS) is 12.6. The summed E-state index contributed by atoms with van der Waals surface area (Å²) in [5.74, 6) is -1.05. The number of hydrogen-bond acceptors (Lipinski definition) is 3. The van der Waals surface area contributed by atoms with Crippen molar-refractivity contribution in [3.8, 4) is 0 Å². The van der Waals surface area contributed by atoms with Crippen LogP contribution in [0.15, 0.2) is 23.6 Å². The summed E-state index contributed by atoms with van der Waals surface area (Å²) in [6.45, 7) is 4.70. The Bertz CT molecular complexity index is 554. The Balaban J connectivity index is 2.21. The van der Waals surface area contributed by atoms with Crippen molar-refractivity contribution in [2.24, 2.45) is 0 Å². The lowest BCUT2D eigenvalue weighted by Crippen LogP contribution is -2.23. The predicted molar refractivity (Wildman–Crippen MR) is 73.3 cm³/mol. The largest absolute Gasteiger partial charge is 0.309 e. The van der Waals surface area contributed by atoms with Crippen molar-refractivity contribution in [1.29, 1.82) is 0 Å². The van der Waals surface area contributed by atoms with E-state index in [2.05, 4.69) is 10.3 Å². The molecule has 0 radical (unpaired) electrons. The van der Waals surface area contributed by atoms with E-state index in [0.717, 1.165) is 23.3 Å². The Kier molecular flexibility index (Phi) is 4.61. The van der Waals surface area contributed by atoms with E-state index in [-0.39, 0.29) is 6.04 Å². The van der Waals surface area contributed by atoms with E-state index >= 15 is 0 Å². The van der Waals surface area contributed by atoms with Crippen LogP contribution in [0.4, 0.5) is 8.78 Å². The van der Waals surface area contributed by atoms with Crippen molar-refractivity contribution >= 4 is 11.3 Å². The minimum absolute atomic E-state index is 0.0464. The van der Waals surface area contributed by atoms with Gasteiger partial charge in [-0.05, 0) is 31.5 Å². The first-order valence-corrected chi connectivity index (χ1v) is 7.07. The fourth-order valence-electron chi connectivity index (χ4n) is 1.98. The van der Waals surface area contributed by atoms with Gasteiger partial charge in [0.1, 0.15) is 11.6 Å². The summed E-state index contributed by atoms with van der Waals surface area (Å²) in [6.07, 6.45) is 0.461. The summed E-state index contributed by atoms with van der Waals surface area (Å²) in [7, 11) is 0. The number of hydrogen-bond donors (Lipinski definition) is 1. The minimum atomic E-state index is -0.550. The monoisotopic (exact) mass is 282 g/mol. The molecule has 1 heterocycles. The number of thiazole rings is 1. The molecule has 2 rings (SSSR count). The number of nitrogens with one attached hydrogen (secondary N) is 1. The highest BCUT2D eigenvalue weighted by atomic mass is 32.1. The molecule has 1 aromatic carbocycles. The maximum atomic E-state index is 13.7. The molecule has 0 aliphatic carbocycles. The van der Waals surface area contributed by atoms with E-state index in [0.29, 0.717) is 12.0 Å². The Morgan fingerprint density at radius 2 is 2.16 bits per heavy atom. The summed E-state index contributed by atoms with van der Waals surface area (Å²) in [4.78, 5) is 4.43. The van der Waals surface area contributed by atoms with Gasteiger partial charge in [-0.25, -0.2) is 13.8 Å². The summed E-state index contributed by atoms with van der Waals surface area (Å²) in [5.41, 5.74) is 1.41. The minimum Gasteiger partial charge on any atom is -0.309 e. The van der Waals surface area contributed by atoms with Gasteiger partial charge in [-0.3, -0.25) is 0 Å². The van der Waals surface area contributed by atoms with Gasteiger partial charge in [0.25, 0.3) is 0 Å². The van der Waals surface area contributed by atoms with Crippen LogP contribution >= 0.6 is 11.3 Å². The van der Waals surface area contributed by atoms with Gasteiger partial charge in [-0.1, -0.05) is 13.0 Å². The lowest BCUT2D eigenvalue weighted by Gasteiger charge is -2.16. The first-order chi connectivity index (χ1) is 9.10. The molecular weight excluding hydrogens is 266 g/mol. The zero-order valence-electron chi connectivity index (χ0n) is 10.9. The second-order valence-corrected chi connectivity index (χ2v) is 5.40. The molecule has 1 atom stereocenters. The lowest BCUT2D eigenvalue weighted by molar-refractivity contribution is 0.513. The fraction of sp³-hybridized carbons (Fsp3) is 0.357. The maximum absolute atomic E-state index is 13.7. The summed E-state index contributed by atoms with van der Waals surface area (Å²) < 4.78 is 26.6. The molecule has 1 unspecified atom stereocenters. The van der Waals surface area contributed by atoms with Gasteiger partial charge in [0.05, 0.1) is 16.7 Å². The van der Waals surface area contributed by atoms with E-state index in [1.54, 1.807) is 11.3 Å². The molecule has 1 N–H and O–H groups in total. The molecule has 102 valence electrons. The molecule has 0 aliphatic heterocycles. The summed E-state index contributed by atoms with van der Waals surface area (Å²) >= 11 is 1.57. The zero-order chi connectivity index (χ0) is 13.8. The Morgan fingerprint density at radius 1 is 1.37 bits per heavy atom. The second-order valence-electron chi connectivity index (χ2n) is 4.34. The Morgan fingerprint density at radius 3 is 2.74 bits per heavy atom. The third kappa shape index (κ3) is 3.58. The van der Waals surface area contributed by atoms with Crippen LogP contribution in [-0.4, -0.2) is 11.5 Å². The summed E-state index contributed by atoms with van der Waals surface area (Å²) in [5, 5.41) is 6.25. The van der Waals surface area contributed by atoms with Gasteiger partial charge < -0.3 is 5.32 Å². The highest BCUT2D eigenvalue weighted by molar-refractivity contribution is 7.09. The van der Waals surface area contributed by atoms with Gasteiger partial charge in [0.2, 0.25) is 0 Å². The van der Waals surface area contributed by atoms with Gasteiger partial charge in [-0.15, -0.1) is 11.3 Å². The van der Waals surface area contributed by atoms with Crippen LogP contribution < -0.4 is 5.32 Å². The number of rotatable bonds is 5. The number of aromatic nitrogens is 1. The highest BCUT2D eigenvalue weighted by Crippen LogP contribution is 2.22. The molecule has 0 saturated carbocycles. The van der Waals surface area contributed by atoms with Crippen molar-refractivity contribution in [3.05, 3.63) is 51.5 Å². The maximum Gasteiger partial charge on any atom is 0.129 e. The Hall–Kier alpha value is -1.33. The second kappa shape index (κ2) is 6.21. The third-order valence-corrected chi connectivity index (χ3v) is 3.68. The molecule has 0 spiro atoms. The van der Waals surface area contributed by atoms with Crippen LogP contribution in [0.25, 0.3) is 0 Å². The molecule has 1 aromatic heterocycles. The standard InChI is InChI=1S/C14H16F2N2S/c1-3-17-13(14-8-19-9(2)18-14)6-10-4-5-11(15)7-12(10)16/h4-5,7-8,13,17H,3,6H2,1-2H3. The number of halogens is 2. The average Bonchev–Trinajstić information content (AvgIpc) is 2.78. The third-order valence-electron chi connectivity index (χ3n) is 2.88. The van der Waals surface area contributed by atoms with Crippen LogP contribution in [0.5, 0.6) is 0 Å². The van der Waals surface area contributed by atoms with Crippen molar-refractivity contribution in [3.63, 3.8) is 0 Å². The smallest absolute Gasteiger partial charge is 0.129 e. The van der Waals surface area contributed by atoms with Crippen LogP contribution in [0.2, 0.25) is 0 Å². The van der Waals surface area contributed by atoms with Crippen LogP contribution in [0.3, 0.4) is 0 Å². The van der Waals surface area contributed by atoms with Crippen LogP contribution in [-0.2, 0) is 6.42 Å². The van der Waals surface area contributed by atoms with Crippen molar-refractivity contribution in [1.82, 2.24) is 10.3 Å². The topological polar surface area (TPSA) is 24.9 Å². The Labute approximate surface area is 115 Å². The highest BCUT2D eigenvalue weighted by Gasteiger charge is 2.16. The van der Waals surface area contributed by atoms with Gasteiger partial charge in [0.15, 0.2) is 0 Å².